The molecule has 0 saturated carbocycles. The van der Waals surface area contributed by atoms with Gasteiger partial charge in [-0.15, -0.1) is 0 Å². The summed E-state index contributed by atoms with van der Waals surface area (Å²) in [4.78, 5) is 11.5. The van der Waals surface area contributed by atoms with Crippen molar-refractivity contribution in [2.45, 2.75) is 32.7 Å². The summed E-state index contributed by atoms with van der Waals surface area (Å²) in [6, 6.07) is -0.647. The molecule has 0 amide bonds. The maximum Gasteiger partial charge on any atom is 0.323 e. The lowest BCUT2D eigenvalue weighted by Crippen LogP contribution is -2.35. The number of nitrogens with two attached hydrogens (primary N) is 1. The first-order chi connectivity index (χ1) is 8.01. The largest absolute Gasteiger partial charge is 0.465 e. The van der Waals surface area contributed by atoms with Gasteiger partial charge in [-0.2, -0.15) is 5.10 Å². The van der Waals surface area contributed by atoms with E-state index in [1.54, 1.807) is 11.6 Å². The zero-order chi connectivity index (χ0) is 13.0. The van der Waals surface area contributed by atoms with Crippen LogP contribution < -0.4 is 5.73 Å². The molecular weight excluding hydrogens is 286 g/mol. The molecule has 5 nitrogen and oxygen atoms in total. The first-order valence-electron chi connectivity index (χ1n) is 5.63. The first-order valence-corrected chi connectivity index (χ1v) is 6.42. The van der Waals surface area contributed by atoms with Gasteiger partial charge in [0.15, 0.2) is 0 Å². The fourth-order valence-corrected chi connectivity index (χ4v) is 2.36. The van der Waals surface area contributed by atoms with Gasteiger partial charge in [-0.3, -0.25) is 9.48 Å². The summed E-state index contributed by atoms with van der Waals surface area (Å²) >= 11 is 3.49. The van der Waals surface area contributed by atoms with Crippen LogP contribution in [0.2, 0.25) is 0 Å². The molecule has 0 radical (unpaired) electrons. The van der Waals surface area contributed by atoms with Crippen LogP contribution in [-0.2, 0) is 29.4 Å². The molecule has 1 heterocycles. The van der Waals surface area contributed by atoms with Crippen LogP contribution in [0, 0.1) is 0 Å². The van der Waals surface area contributed by atoms with Crippen LogP contribution >= 0.6 is 15.9 Å². The molecule has 0 spiro atoms. The molecule has 0 aliphatic carbocycles. The van der Waals surface area contributed by atoms with E-state index >= 15 is 0 Å². The standard InChI is InChI=1S/C11H18BrN3O2/c1-4-8-10(12)9(15(3)14-8)6-7(13)11(16)17-5-2/h7H,4-6,13H2,1-3H3. The Morgan fingerprint density at radius 2 is 2.24 bits per heavy atom. The lowest BCUT2D eigenvalue weighted by molar-refractivity contribution is -0.144. The van der Waals surface area contributed by atoms with E-state index in [1.807, 2.05) is 14.0 Å². The summed E-state index contributed by atoms with van der Waals surface area (Å²) in [5.41, 5.74) is 7.68. The van der Waals surface area contributed by atoms with E-state index < -0.39 is 6.04 Å². The number of carbonyl (C=O) groups is 1. The molecule has 6 heteroatoms. The average Bonchev–Trinajstić information content (AvgIpc) is 2.56. The molecule has 1 rings (SSSR count). The van der Waals surface area contributed by atoms with Crippen molar-refractivity contribution in [1.82, 2.24) is 9.78 Å². The second-order valence-corrected chi connectivity index (χ2v) is 4.54. The number of carbonyl (C=O) groups excluding carboxylic acids is 1. The number of rotatable bonds is 5. The first kappa shape index (κ1) is 14.2. The van der Waals surface area contributed by atoms with Crippen molar-refractivity contribution in [3.05, 3.63) is 15.9 Å². The summed E-state index contributed by atoms with van der Waals surface area (Å²) in [6.45, 7) is 4.14. The van der Waals surface area contributed by atoms with Crippen molar-refractivity contribution in [3.63, 3.8) is 0 Å². The topological polar surface area (TPSA) is 70.1 Å². The van der Waals surface area contributed by atoms with Crippen LogP contribution in [0.5, 0.6) is 0 Å². The smallest absolute Gasteiger partial charge is 0.323 e. The van der Waals surface area contributed by atoms with Crippen LogP contribution in [0.1, 0.15) is 25.2 Å². The molecule has 0 saturated heterocycles. The Labute approximate surface area is 109 Å². The lowest BCUT2D eigenvalue weighted by Gasteiger charge is -2.10. The molecule has 0 aliphatic heterocycles. The number of ether oxygens (including phenoxy) is 1. The fraction of sp³-hybridized carbons (Fsp3) is 0.636. The van der Waals surface area contributed by atoms with Gasteiger partial charge in [0.2, 0.25) is 0 Å². The summed E-state index contributed by atoms with van der Waals surface area (Å²) in [5, 5.41) is 4.35. The van der Waals surface area contributed by atoms with E-state index in [9.17, 15) is 4.79 Å². The highest BCUT2D eigenvalue weighted by Crippen LogP contribution is 2.22. The van der Waals surface area contributed by atoms with Gasteiger partial charge in [0.25, 0.3) is 0 Å². The number of hydrogen-bond acceptors (Lipinski definition) is 4. The highest BCUT2D eigenvalue weighted by atomic mass is 79.9. The summed E-state index contributed by atoms with van der Waals surface area (Å²) in [6.07, 6.45) is 1.26. The predicted molar refractivity (Wildman–Crippen MR) is 68.6 cm³/mol. The summed E-state index contributed by atoms with van der Waals surface area (Å²) in [5.74, 6) is -0.376. The van der Waals surface area contributed by atoms with Gasteiger partial charge in [0.05, 0.1) is 22.5 Å². The SMILES string of the molecule is CCOC(=O)C(N)Cc1c(Br)c(CC)nn1C. The molecule has 1 unspecified atom stereocenters. The Bertz CT molecular complexity index is 404. The van der Waals surface area contributed by atoms with E-state index in [-0.39, 0.29) is 5.97 Å². The van der Waals surface area contributed by atoms with Crippen molar-refractivity contribution in [2.24, 2.45) is 12.8 Å². The molecule has 0 aromatic carbocycles. The van der Waals surface area contributed by atoms with Crippen LogP contribution in [0.3, 0.4) is 0 Å². The number of hydrogen-bond donors (Lipinski definition) is 1. The third-order valence-corrected chi connectivity index (χ3v) is 3.42. The number of aryl methyl sites for hydroxylation is 2. The number of nitrogens with zero attached hydrogens (tertiary/aromatic N) is 2. The lowest BCUT2D eigenvalue weighted by atomic mass is 10.1. The van der Waals surface area contributed by atoms with E-state index in [2.05, 4.69) is 21.0 Å². The normalized spacial score (nSPS) is 12.5. The molecule has 1 aromatic rings. The highest BCUT2D eigenvalue weighted by molar-refractivity contribution is 9.10. The van der Waals surface area contributed by atoms with Crippen molar-refractivity contribution in [3.8, 4) is 0 Å². The third-order valence-electron chi connectivity index (χ3n) is 2.51. The van der Waals surface area contributed by atoms with Crippen molar-refractivity contribution < 1.29 is 9.53 Å². The van der Waals surface area contributed by atoms with Gasteiger partial charge in [0.1, 0.15) is 6.04 Å². The number of esters is 1. The van der Waals surface area contributed by atoms with Crippen LogP contribution in [0.15, 0.2) is 4.47 Å². The van der Waals surface area contributed by atoms with Gasteiger partial charge >= 0.3 is 5.97 Å². The fourth-order valence-electron chi connectivity index (χ4n) is 1.58. The van der Waals surface area contributed by atoms with Crippen LogP contribution in [-0.4, -0.2) is 28.4 Å². The Morgan fingerprint density at radius 3 is 2.71 bits per heavy atom. The molecule has 1 atom stereocenters. The minimum absolute atomic E-state index is 0.347. The minimum Gasteiger partial charge on any atom is -0.465 e. The van der Waals surface area contributed by atoms with Crippen LogP contribution in [0.25, 0.3) is 0 Å². The second-order valence-electron chi connectivity index (χ2n) is 3.75. The van der Waals surface area contributed by atoms with Gasteiger partial charge < -0.3 is 10.5 Å². The Hall–Kier alpha value is -0.880. The van der Waals surface area contributed by atoms with Crippen molar-refractivity contribution in [2.75, 3.05) is 6.61 Å². The summed E-state index contributed by atoms with van der Waals surface area (Å²) in [7, 11) is 1.84. The van der Waals surface area contributed by atoms with Gasteiger partial charge in [-0.1, -0.05) is 6.92 Å². The monoisotopic (exact) mass is 303 g/mol. The van der Waals surface area contributed by atoms with Gasteiger partial charge in [-0.25, -0.2) is 0 Å². The Balaban J connectivity index is 2.81. The van der Waals surface area contributed by atoms with E-state index in [0.717, 1.165) is 22.3 Å². The molecule has 96 valence electrons. The Kier molecular flexibility index (Phi) is 5.14. The Morgan fingerprint density at radius 1 is 1.59 bits per heavy atom. The molecule has 0 aliphatic rings. The molecule has 2 N–H and O–H groups in total. The molecule has 17 heavy (non-hydrogen) atoms. The molecule has 0 bridgehead atoms. The van der Waals surface area contributed by atoms with Gasteiger partial charge in [0, 0.05) is 13.5 Å². The quantitative estimate of drug-likeness (QED) is 0.829. The minimum atomic E-state index is -0.647. The van der Waals surface area contributed by atoms with E-state index in [4.69, 9.17) is 10.5 Å². The molecular formula is C11H18BrN3O2. The molecule has 0 fully saturated rings. The zero-order valence-corrected chi connectivity index (χ0v) is 12.0. The zero-order valence-electron chi connectivity index (χ0n) is 10.4. The van der Waals surface area contributed by atoms with Gasteiger partial charge in [-0.05, 0) is 29.3 Å². The summed E-state index contributed by atoms with van der Waals surface area (Å²) < 4.78 is 7.56. The molecule has 1 aromatic heterocycles. The maximum atomic E-state index is 11.5. The second kappa shape index (κ2) is 6.16. The third kappa shape index (κ3) is 3.29. The van der Waals surface area contributed by atoms with Crippen LogP contribution in [0.4, 0.5) is 0 Å². The van der Waals surface area contributed by atoms with Crippen molar-refractivity contribution >= 4 is 21.9 Å². The maximum absolute atomic E-state index is 11.5. The van der Waals surface area contributed by atoms with E-state index in [1.165, 1.54) is 0 Å². The number of halogens is 1. The highest BCUT2D eigenvalue weighted by Gasteiger charge is 2.20. The van der Waals surface area contributed by atoms with E-state index in [0.29, 0.717) is 13.0 Å². The number of aromatic nitrogens is 2. The average molecular weight is 304 g/mol. The predicted octanol–water partition coefficient (Wildman–Crippen LogP) is 1.18. The van der Waals surface area contributed by atoms with Crippen molar-refractivity contribution in [1.29, 1.82) is 0 Å².